The molecule has 3 atom stereocenters. The summed E-state index contributed by atoms with van der Waals surface area (Å²) in [4.78, 5) is 15.7. The summed E-state index contributed by atoms with van der Waals surface area (Å²) in [6.07, 6.45) is 3.53. The molecule has 0 radical (unpaired) electrons. The predicted octanol–water partition coefficient (Wildman–Crippen LogP) is 4.22. The molecule has 5 nitrogen and oxygen atoms in total. The molecule has 0 heterocycles. The number of carbonyl (C=O) groups excluding carboxylic acids is 1. The molecule has 1 aliphatic rings. The standard InChI is InChI=1S/C18H34N2O3Si/c1-7-22-18(21)17(20-19)24(8-2,9-3)23-16-12-14(6)10-11-15(16)13(4)5/h13-16H,7-12H2,1-6H3/t14-,15+,16-/m1/s1. The molecule has 1 aliphatic carbocycles. The van der Waals surface area contributed by atoms with Crippen molar-refractivity contribution in [2.75, 3.05) is 6.61 Å². The van der Waals surface area contributed by atoms with E-state index in [1.54, 1.807) is 6.92 Å². The molecule has 0 bridgehead atoms. The zero-order valence-electron chi connectivity index (χ0n) is 16.2. The Morgan fingerprint density at radius 2 is 1.88 bits per heavy atom. The second kappa shape index (κ2) is 9.49. The highest BCUT2D eigenvalue weighted by atomic mass is 28.4. The fourth-order valence-electron chi connectivity index (χ4n) is 3.86. The summed E-state index contributed by atoms with van der Waals surface area (Å²) in [6.45, 7) is 12.8. The van der Waals surface area contributed by atoms with Crippen LogP contribution >= 0.6 is 0 Å². The van der Waals surface area contributed by atoms with Crippen LogP contribution in [0.3, 0.4) is 0 Å². The zero-order chi connectivity index (χ0) is 18.3. The topological polar surface area (TPSA) is 71.9 Å². The van der Waals surface area contributed by atoms with Gasteiger partial charge in [0.25, 0.3) is 0 Å². The van der Waals surface area contributed by atoms with Gasteiger partial charge in [0, 0.05) is 6.10 Å². The molecule has 0 unspecified atom stereocenters. The van der Waals surface area contributed by atoms with Gasteiger partial charge in [0.1, 0.15) is 0 Å². The van der Waals surface area contributed by atoms with E-state index in [2.05, 4.69) is 25.6 Å². The minimum Gasteiger partial charge on any atom is -0.458 e. The van der Waals surface area contributed by atoms with Crippen LogP contribution in [0.5, 0.6) is 0 Å². The minimum atomic E-state index is -2.65. The van der Waals surface area contributed by atoms with E-state index < -0.39 is 14.3 Å². The van der Waals surface area contributed by atoms with E-state index >= 15 is 0 Å². The molecule has 1 saturated carbocycles. The van der Waals surface area contributed by atoms with E-state index in [4.69, 9.17) is 9.16 Å². The van der Waals surface area contributed by atoms with Crippen LogP contribution in [0.25, 0.3) is 5.53 Å². The van der Waals surface area contributed by atoms with Crippen molar-refractivity contribution < 1.29 is 18.7 Å². The first-order valence-corrected chi connectivity index (χ1v) is 11.7. The van der Waals surface area contributed by atoms with Crippen molar-refractivity contribution in [2.45, 2.75) is 79.0 Å². The summed E-state index contributed by atoms with van der Waals surface area (Å²) in [7, 11) is -2.65. The molecule has 0 amide bonds. The van der Waals surface area contributed by atoms with Crippen LogP contribution in [-0.2, 0) is 14.0 Å². The molecule has 0 aliphatic heterocycles. The molecule has 0 spiro atoms. The smallest absolute Gasteiger partial charge is 0.413 e. The van der Waals surface area contributed by atoms with Crippen LogP contribution in [0, 0.1) is 17.8 Å². The molecule has 0 aromatic carbocycles. The van der Waals surface area contributed by atoms with E-state index in [-0.39, 0.29) is 18.0 Å². The Labute approximate surface area is 147 Å². The summed E-state index contributed by atoms with van der Waals surface area (Å²) in [5, 5.41) is 0.134. The monoisotopic (exact) mass is 354 g/mol. The molecule has 24 heavy (non-hydrogen) atoms. The lowest BCUT2D eigenvalue weighted by atomic mass is 9.75. The van der Waals surface area contributed by atoms with Crippen molar-refractivity contribution in [1.29, 1.82) is 0 Å². The Kier molecular flexibility index (Phi) is 8.34. The highest BCUT2D eigenvalue weighted by Gasteiger charge is 2.53. The predicted molar refractivity (Wildman–Crippen MR) is 98.2 cm³/mol. The van der Waals surface area contributed by atoms with Crippen molar-refractivity contribution in [3.8, 4) is 0 Å². The van der Waals surface area contributed by atoms with Crippen LogP contribution in [0.1, 0.15) is 60.8 Å². The van der Waals surface area contributed by atoms with Gasteiger partial charge in [-0.15, -0.1) is 0 Å². The lowest BCUT2D eigenvalue weighted by molar-refractivity contribution is -0.139. The van der Waals surface area contributed by atoms with Crippen LogP contribution < -0.4 is 0 Å². The minimum absolute atomic E-state index is 0.131. The molecular weight excluding hydrogens is 320 g/mol. The average molecular weight is 355 g/mol. The average Bonchev–Trinajstić information content (AvgIpc) is 2.54. The number of hydrogen-bond acceptors (Lipinski definition) is 3. The van der Waals surface area contributed by atoms with Gasteiger partial charge in [-0.2, -0.15) is 4.79 Å². The molecule has 1 rings (SSSR count). The van der Waals surface area contributed by atoms with E-state index in [0.717, 1.165) is 12.8 Å². The van der Waals surface area contributed by atoms with Crippen LogP contribution in [0.4, 0.5) is 0 Å². The maximum absolute atomic E-state index is 12.3. The summed E-state index contributed by atoms with van der Waals surface area (Å²) < 4.78 is 11.8. The maximum atomic E-state index is 12.3. The Bertz CT molecular complexity index is 471. The number of carbonyl (C=O) groups is 1. The number of hydrogen-bond donors (Lipinski definition) is 0. The maximum Gasteiger partial charge on any atom is 0.413 e. The summed E-state index contributed by atoms with van der Waals surface area (Å²) in [6, 6.07) is 1.41. The van der Waals surface area contributed by atoms with E-state index in [1.165, 1.54) is 6.42 Å². The molecular formula is C18H34N2O3Si. The van der Waals surface area contributed by atoms with Gasteiger partial charge < -0.3 is 14.7 Å². The Morgan fingerprint density at radius 3 is 2.33 bits per heavy atom. The van der Waals surface area contributed by atoms with Crippen LogP contribution in [0.15, 0.2) is 0 Å². The molecule has 138 valence electrons. The van der Waals surface area contributed by atoms with Crippen molar-refractivity contribution in [3.63, 3.8) is 0 Å². The first kappa shape index (κ1) is 21.1. The fraction of sp³-hybridized carbons (Fsp3) is 0.889. The fourth-order valence-corrected chi connectivity index (χ4v) is 6.96. The molecule has 1 fully saturated rings. The molecule has 6 heteroatoms. The number of rotatable bonds is 8. The SMILES string of the molecule is CCOC(=O)C(=[N+]=[N-])[Si](CC)(CC)O[C@@H]1C[C@H](C)CC[C@H]1C(C)C. The van der Waals surface area contributed by atoms with Gasteiger partial charge in [0.2, 0.25) is 0 Å². The molecule has 0 aromatic heterocycles. The normalized spacial score (nSPS) is 24.5. The first-order valence-electron chi connectivity index (χ1n) is 9.42. The summed E-state index contributed by atoms with van der Waals surface area (Å²) in [5.74, 6) is 1.14. The number of nitrogens with zero attached hydrogens (tertiary/aromatic N) is 2. The quantitative estimate of drug-likeness (QED) is 0.215. The zero-order valence-corrected chi connectivity index (χ0v) is 17.2. The highest BCUT2D eigenvalue weighted by Crippen LogP contribution is 2.38. The second-order valence-corrected chi connectivity index (χ2v) is 11.5. The second-order valence-electron chi connectivity index (χ2n) is 7.35. The Balaban J connectivity index is 3.13. The molecule has 0 aromatic rings. The van der Waals surface area contributed by atoms with Crippen molar-refractivity contribution in [3.05, 3.63) is 5.53 Å². The highest BCUT2D eigenvalue weighted by molar-refractivity contribution is 7.09. The van der Waals surface area contributed by atoms with Gasteiger partial charge >= 0.3 is 19.6 Å². The van der Waals surface area contributed by atoms with Gasteiger partial charge in [0.15, 0.2) is 0 Å². The van der Waals surface area contributed by atoms with E-state index in [1.807, 2.05) is 13.8 Å². The van der Waals surface area contributed by atoms with Gasteiger partial charge in [0.05, 0.1) is 6.61 Å². The lowest BCUT2D eigenvalue weighted by Crippen LogP contribution is -2.55. The largest absolute Gasteiger partial charge is 0.458 e. The number of esters is 1. The number of ether oxygens (including phenoxy) is 1. The van der Waals surface area contributed by atoms with Gasteiger partial charge in [-0.3, -0.25) is 0 Å². The summed E-state index contributed by atoms with van der Waals surface area (Å²) in [5.41, 5.74) is 9.52. The van der Waals surface area contributed by atoms with E-state index in [9.17, 15) is 10.3 Å². The van der Waals surface area contributed by atoms with Gasteiger partial charge in [-0.05, 0) is 49.6 Å². The third-order valence-corrected chi connectivity index (χ3v) is 9.69. The van der Waals surface area contributed by atoms with Crippen molar-refractivity contribution >= 4 is 19.6 Å². The molecule has 0 N–H and O–H groups in total. The lowest BCUT2D eigenvalue weighted by Gasteiger charge is -2.41. The first-order chi connectivity index (χ1) is 11.3. The summed E-state index contributed by atoms with van der Waals surface area (Å²) >= 11 is 0. The third-order valence-electron chi connectivity index (χ3n) is 5.48. The van der Waals surface area contributed by atoms with Crippen LogP contribution in [-0.4, -0.2) is 37.1 Å². The van der Waals surface area contributed by atoms with Gasteiger partial charge in [-0.1, -0.05) is 41.0 Å². The van der Waals surface area contributed by atoms with E-state index in [0.29, 0.717) is 29.8 Å². The van der Waals surface area contributed by atoms with Crippen molar-refractivity contribution in [2.24, 2.45) is 17.8 Å². The van der Waals surface area contributed by atoms with Crippen molar-refractivity contribution in [1.82, 2.24) is 0 Å². The van der Waals surface area contributed by atoms with Crippen LogP contribution in [0.2, 0.25) is 12.1 Å². The Hall–Kier alpha value is -0.973. The molecule has 0 saturated heterocycles. The Morgan fingerprint density at radius 1 is 1.25 bits per heavy atom. The van der Waals surface area contributed by atoms with Gasteiger partial charge in [-0.25, -0.2) is 4.79 Å². The third kappa shape index (κ3) is 4.77.